The Morgan fingerprint density at radius 2 is 1.53 bits per heavy atom. The molecule has 0 fully saturated rings. The molecule has 1 rings (SSSR count). The minimum absolute atomic E-state index is 0.161. The lowest BCUT2D eigenvalue weighted by atomic mass is 10.0. The Hall–Kier alpha value is -0.770. The largest absolute Gasteiger partial charge is 0.335 e. The van der Waals surface area contributed by atoms with Gasteiger partial charge in [0.2, 0.25) is 0 Å². The van der Waals surface area contributed by atoms with Crippen LogP contribution in [0.4, 0.5) is 17.6 Å². The zero-order valence-corrected chi connectivity index (χ0v) is 8.66. The van der Waals surface area contributed by atoms with Gasteiger partial charge in [-0.15, -0.1) is 11.6 Å². The molecule has 84 valence electrons. The molecule has 0 aliphatic heterocycles. The summed E-state index contributed by atoms with van der Waals surface area (Å²) in [6.45, 7) is 0.197. The minimum atomic E-state index is -4.15. The summed E-state index contributed by atoms with van der Waals surface area (Å²) in [5.41, 5.74) is -0.0977. The highest BCUT2D eigenvalue weighted by atomic mass is 35.5. The van der Waals surface area contributed by atoms with Crippen LogP contribution in [-0.2, 0) is 11.8 Å². The van der Waals surface area contributed by atoms with Gasteiger partial charge in [0.15, 0.2) is 0 Å². The fourth-order valence-corrected chi connectivity index (χ4v) is 1.23. The van der Waals surface area contributed by atoms with Gasteiger partial charge in [0, 0.05) is 18.4 Å². The van der Waals surface area contributed by atoms with Crippen molar-refractivity contribution in [3.8, 4) is 0 Å². The van der Waals surface area contributed by atoms with Crippen LogP contribution in [0.1, 0.15) is 18.1 Å². The summed E-state index contributed by atoms with van der Waals surface area (Å²) in [6, 6.07) is 4.55. The van der Waals surface area contributed by atoms with Gasteiger partial charge >= 0.3 is 11.8 Å². The van der Waals surface area contributed by atoms with Crippen LogP contribution in [0, 0.1) is 0 Å². The highest BCUT2D eigenvalue weighted by molar-refractivity contribution is 6.17. The van der Waals surface area contributed by atoms with Crippen LogP contribution in [0.15, 0.2) is 24.3 Å². The molecular weight excluding hydrogens is 232 g/mol. The number of benzene rings is 1. The van der Waals surface area contributed by atoms with Gasteiger partial charge < -0.3 is 0 Å². The van der Waals surface area contributed by atoms with E-state index in [1.54, 1.807) is 0 Å². The lowest BCUT2D eigenvalue weighted by Crippen LogP contribution is -2.34. The zero-order chi connectivity index (χ0) is 11.7. The van der Waals surface area contributed by atoms with E-state index in [-0.39, 0.29) is 12.8 Å². The van der Waals surface area contributed by atoms with Crippen molar-refractivity contribution in [2.75, 3.05) is 0 Å². The maximum atomic E-state index is 13.1. The molecule has 15 heavy (non-hydrogen) atoms. The summed E-state index contributed by atoms with van der Waals surface area (Å²) in [6.07, 6.45) is 0. The molecule has 0 N–H and O–H groups in total. The highest BCUT2D eigenvalue weighted by Gasteiger charge is 2.53. The predicted octanol–water partition coefficient (Wildman–Crippen LogP) is 4.17. The molecule has 0 aromatic heterocycles. The Morgan fingerprint density at radius 1 is 1.07 bits per heavy atom. The van der Waals surface area contributed by atoms with Crippen molar-refractivity contribution < 1.29 is 17.6 Å². The molecule has 0 saturated heterocycles. The fourth-order valence-electron chi connectivity index (χ4n) is 1.06. The van der Waals surface area contributed by atoms with Crippen molar-refractivity contribution in [3.05, 3.63) is 35.4 Å². The van der Waals surface area contributed by atoms with Crippen molar-refractivity contribution >= 4 is 11.6 Å². The van der Waals surface area contributed by atoms with Crippen LogP contribution in [0.3, 0.4) is 0 Å². The smallest absolute Gasteiger partial charge is 0.200 e. The number of hydrogen-bond acceptors (Lipinski definition) is 0. The lowest BCUT2D eigenvalue weighted by molar-refractivity contribution is -0.204. The van der Waals surface area contributed by atoms with E-state index in [1.807, 2.05) is 0 Å². The van der Waals surface area contributed by atoms with Gasteiger partial charge in [-0.1, -0.05) is 24.3 Å². The Balaban J connectivity index is 3.06. The van der Waals surface area contributed by atoms with E-state index in [1.165, 1.54) is 12.1 Å². The summed E-state index contributed by atoms with van der Waals surface area (Å²) in [5, 5.41) is 0. The minimum Gasteiger partial charge on any atom is -0.200 e. The van der Waals surface area contributed by atoms with Crippen LogP contribution in [0.2, 0.25) is 0 Å². The van der Waals surface area contributed by atoms with Gasteiger partial charge in [0.1, 0.15) is 0 Å². The van der Waals surface area contributed by atoms with E-state index in [0.717, 1.165) is 12.1 Å². The maximum Gasteiger partial charge on any atom is 0.335 e. The first-order valence-corrected chi connectivity index (χ1v) is 4.73. The number of alkyl halides is 5. The third-order valence-corrected chi connectivity index (χ3v) is 2.33. The zero-order valence-electron chi connectivity index (χ0n) is 7.91. The molecule has 0 saturated carbocycles. The molecule has 0 aliphatic carbocycles. The van der Waals surface area contributed by atoms with Crippen LogP contribution in [0.25, 0.3) is 0 Å². The second kappa shape index (κ2) is 4.00. The summed E-state index contributed by atoms with van der Waals surface area (Å²) >= 11 is 5.45. The molecule has 0 aliphatic rings. The Kier molecular flexibility index (Phi) is 3.28. The fraction of sp³-hybridized carbons (Fsp3) is 0.400. The van der Waals surface area contributed by atoms with E-state index >= 15 is 0 Å². The Bertz CT molecular complexity index is 326. The number of halogens is 5. The topological polar surface area (TPSA) is 0 Å². The molecule has 1 aromatic carbocycles. The maximum absolute atomic E-state index is 13.1. The molecule has 5 heteroatoms. The highest BCUT2D eigenvalue weighted by Crippen LogP contribution is 2.42. The molecule has 0 atom stereocenters. The Morgan fingerprint density at radius 3 is 1.87 bits per heavy atom. The van der Waals surface area contributed by atoms with Crippen molar-refractivity contribution in [2.24, 2.45) is 0 Å². The molecule has 0 unspecified atom stereocenters. The molecule has 0 nitrogen and oxygen atoms in total. The van der Waals surface area contributed by atoms with E-state index in [4.69, 9.17) is 11.6 Å². The third kappa shape index (κ3) is 2.43. The van der Waals surface area contributed by atoms with Crippen molar-refractivity contribution in [1.29, 1.82) is 0 Å². The van der Waals surface area contributed by atoms with Crippen LogP contribution in [0.5, 0.6) is 0 Å². The number of hydrogen-bond donors (Lipinski definition) is 0. The predicted molar refractivity (Wildman–Crippen MR) is 50.5 cm³/mol. The quantitative estimate of drug-likeness (QED) is 0.549. The van der Waals surface area contributed by atoms with E-state index < -0.39 is 17.4 Å². The standard InChI is InChI=1S/C10H9ClF4/c1-9(12,13)10(14,15)8-4-2-7(6-11)3-5-8/h2-5H,6H2,1H3. The molecular formula is C10H9ClF4. The van der Waals surface area contributed by atoms with E-state index in [9.17, 15) is 17.6 Å². The molecule has 0 amide bonds. The molecule has 0 heterocycles. The van der Waals surface area contributed by atoms with Crippen LogP contribution in [-0.4, -0.2) is 5.92 Å². The Labute approximate surface area is 89.9 Å². The van der Waals surface area contributed by atoms with Crippen LogP contribution >= 0.6 is 11.6 Å². The molecule has 0 spiro atoms. The van der Waals surface area contributed by atoms with Crippen molar-refractivity contribution in [3.63, 3.8) is 0 Å². The second-order valence-corrected chi connectivity index (χ2v) is 3.56. The summed E-state index contributed by atoms with van der Waals surface area (Å²) in [5.74, 6) is -8.07. The third-order valence-electron chi connectivity index (χ3n) is 2.02. The molecule has 1 aromatic rings. The number of rotatable bonds is 3. The average molecular weight is 241 g/mol. The van der Waals surface area contributed by atoms with Gasteiger partial charge in [0.25, 0.3) is 0 Å². The van der Waals surface area contributed by atoms with Gasteiger partial charge in [-0.25, -0.2) is 0 Å². The summed E-state index contributed by atoms with van der Waals surface area (Å²) < 4.78 is 51.4. The second-order valence-electron chi connectivity index (χ2n) is 3.29. The monoisotopic (exact) mass is 240 g/mol. The van der Waals surface area contributed by atoms with Gasteiger partial charge in [-0.05, 0) is 5.56 Å². The first kappa shape index (κ1) is 12.3. The van der Waals surface area contributed by atoms with Crippen molar-refractivity contribution in [2.45, 2.75) is 24.6 Å². The first-order valence-electron chi connectivity index (χ1n) is 4.20. The lowest BCUT2D eigenvalue weighted by Gasteiger charge is -2.23. The SMILES string of the molecule is CC(F)(F)C(F)(F)c1ccc(CCl)cc1. The van der Waals surface area contributed by atoms with Crippen molar-refractivity contribution in [1.82, 2.24) is 0 Å². The average Bonchev–Trinajstić information content (AvgIpc) is 2.16. The molecule has 0 radical (unpaired) electrons. The normalized spacial score (nSPS) is 12.9. The van der Waals surface area contributed by atoms with Gasteiger partial charge in [-0.3, -0.25) is 0 Å². The van der Waals surface area contributed by atoms with E-state index in [0.29, 0.717) is 5.56 Å². The summed E-state index contributed by atoms with van der Waals surface area (Å²) in [7, 11) is 0. The first-order chi connectivity index (χ1) is 6.79. The van der Waals surface area contributed by atoms with Gasteiger partial charge in [0.05, 0.1) is 0 Å². The van der Waals surface area contributed by atoms with E-state index in [2.05, 4.69) is 0 Å². The van der Waals surface area contributed by atoms with Gasteiger partial charge in [-0.2, -0.15) is 17.6 Å². The summed E-state index contributed by atoms with van der Waals surface area (Å²) in [4.78, 5) is 0. The molecule has 0 bridgehead atoms. The van der Waals surface area contributed by atoms with Crippen LogP contribution < -0.4 is 0 Å².